The molecule has 0 aliphatic carbocycles. The summed E-state index contributed by atoms with van der Waals surface area (Å²) in [5, 5.41) is 3.39. The largest absolute Gasteiger partial charge is 0.379 e. The standard InChI is InChI=1S/C11H9ClINS/c12-11-6-5-8(15-11)7-14-10-4-2-1-3-9(10)13/h1-6,14H,7H2. The summed E-state index contributed by atoms with van der Waals surface area (Å²) in [6.07, 6.45) is 0. The van der Waals surface area contributed by atoms with Crippen LogP contribution in [0.5, 0.6) is 0 Å². The van der Waals surface area contributed by atoms with Crippen molar-refractivity contribution in [1.82, 2.24) is 0 Å². The lowest BCUT2D eigenvalue weighted by Gasteiger charge is -2.06. The van der Waals surface area contributed by atoms with Gasteiger partial charge in [-0.15, -0.1) is 11.3 Å². The van der Waals surface area contributed by atoms with Crippen LogP contribution >= 0.6 is 45.5 Å². The summed E-state index contributed by atoms with van der Waals surface area (Å²) in [6.45, 7) is 0.831. The molecule has 0 unspecified atom stereocenters. The van der Waals surface area contributed by atoms with Crippen LogP contribution < -0.4 is 5.32 Å². The summed E-state index contributed by atoms with van der Waals surface area (Å²) in [4.78, 5) is 1.25. The summed E-state index contributed by atoms with van der Waals surface area (Å²) >= 11 is 9.80. The van der Waals surface area contributed by atoms with Crippen LogP contribution in [-0.2, 0) is 6.54 Å². The van der Waals surface area contributed by atoms with Crippen LogP contribution in [0.3, 0.4) is 0 Å². The molecule has 2 rings (SSSR count). The van der Waals surface area contributed by atoms with E-state index in [1.807, 2.05) is 18.2 Å². The molecule has 0 amide bonds. The number of benzene rings is 1. The number of hydrogen-bond donors (Lipinski definition) is 1. The van der Waals surface area contributed by atoms with Crippen molar-refractivity contribution in [3.05, 3.63) is 49.2 Å². The van der Waals surface area contributed by atoms with Crippen molar-refractivity contribution in [3.8, 4) is 0 Å². The quantitative estimate of drug-likeness (QED) is 0.797. The number of anilines is 1. The van der Waals surface area contributed by atoms with Crippen LogP contribution in [0.25, 0.3) is 0 Å². The van der Waals surface area contributed by atoms with Crippen LogP contribution in [0.2, 0.25) is 4.34 Å². The number of hydrogen-bond acceptors (Lipinski definition) is 2. The predicted molar refractivity (Wildman–Crippen MR) is 75.8 cm³/mol. The van der Waals surface area contributed by atoms with E-state index in [0.717, 1.165) is 10.9 Å². The molecule has 1 aromatic carbocycles. The van der Waals surface area contributed by atoms with Gasteiger partial charge in [-0.2, -0.15) is 0 Å². The van der Waals surface area contributed by atoms with Gasteiger partial charge in [0.1, 0.15) is 0 Å². The molecule has 1 heterocycles. The van der Waals surface area contributed by atoms with E-state index < -0.39 is 0 Å². The van der Waals surface area contributed by atoms with Crippen molar-refractivity contribution < 1.29 is 0 Å². The molecule has 0 saturated heterocycles. The van der Waals surface area contributed by atoms with Gasteiger partial charge in [0.25, 0.3) is 0 Å². The Balaban J connectivity index is 2.02. The molecule has 0 fully saturated rings. The lowest BCUT2D eigenvalue weighted by molar-refractivity contribution is 1.19. The Kier molecular flexibility index (Phi) is 3.88. The molecule has 0 bridgehead atoms. The molecule has 0 saturated carbocycles. The van der Waals surface area contributed by atoms with Crippen LogP contribution in [0.15, 0.2) is 36.4 Å². The molecule has 1 N–H and O–H groups in total. The molecular formula is C11H9ClINS. The third-order valence-corrected chi connectivity index (χ3v) is 4.13. The van der Waals surface area contributed by atoms with E-state index >= 15 is 0 Å². The zero-order valence-corrected chi connectivity index (χ0v) is 11.6. The van der Waals surface area contributed by atoms with E-state index in [9.17, 15) is 0 Å². The van der Waals surface area contributed by atoms with Crippen molar-refractivity contribution in [3.63, 3.8) is 0 Å². The van der Waals surface area contributed by atoms with Gasteiger partial charge >= 0.3 is 0 Å². The van der Waals surface area contributed by atoms with Gasteiger partial charge < -0.3 is 5.32 Å². The Morgan fingerprint density at radius 3 is 2.67 bits per heavy atom. The molecule has 0 aliphatic heterocycles. The maximum atomic E-state index is 5.86. The summed E-state index contributed by atoms with van der Waals surface area (Å²) in [7, 11) is 0. The number of thiophene rings is 1. The van der Waals surface area contributed by atoms with Gasteiger partial charge in [-0.3, -0.25) is 0 Å². The SMILES string of the molecule is Clc1ccc(CNc2ccccc2I)s1. The van der Waals surface area contributed by atoms with E-state index in [1.165, 1.54) is 14.1 Å². The van der Waals surface area contributed by atoms with Crippen molar-refractivity contribution in [1.29, 1.82) is 0 Å². The highest BCUT2D eigenvalue weighted by molar-refractivity contribution is 14.1. The van der Waals surface area contributed by atoms with Gasteiger partial charge in [0.15, 0.2) is 0 Å². The fraction of sp³-hybridized carbons (Fsp3) is 0.0909. The third-order valence-electron chi connectivity index (χ3n) is 1.96. The Labute approximate surface area is 112 Å². The minimum Gasteiger partial charge on any atom is -0.379 e. The molecule has 0 radical (unpaired) electrons. The van der Waals surface area contributed by atoms with Crippen molar-refractivity contribution in [2.75, 3.05) is 5.32 Å². The van der Waals surface area contributed by atoms with E-state index in [2.05, 4.69) is 46.1 Å². The molecule has 4 heteroatoms. The molecule has 1 aromatic heterocycles. The number of rotatable bonds is 3. The van der Waals surface area contributed by atoms with Gasteiger partial charge in [0, 0.05) is 20.7 Å². The predicted octanol–water partition coefficient (Wildman–Crippen LogP) is 4.62. The highest BCUT2D eigenvalue weighted by Crippen LogP contribution is 2.23. The minimum absolute atomic E-state index is 0.831. The Morgan fingerprint density at radius 1 is 1.20 bits per heavy atom. The number of halogens is 2. The zero-order chi connectivity index (χ0) is 10.7. The van der Waals surface area contributed by atoms with Crippen molar-refractivity contribution in [2.24, 2.45) is 0 Å². The maximum absolute atomic E-state index is 5.86. The normalized spacial score (nSPS) is 10.3. The second-order valence-electron chi connectivity index (χ2n) is 3.04. The van der Waals surface area contributed by atoms with Crippen LogP contribution in [-0.4, -0.2) is 0 Å². The molecule has 0 aliphatic rings. The molecule has 78 valence electrons. The average Bonchev–Trinajstić information content (AvgIpc) is 2.63. The smallest absolute Gasteiger partial charge is 0.0931 e. The minimum atomic E-state index is 0.831. The van der Waals surface area contributed by atoms with Crippen molar-refractivity contribution >= 4 is 51.2 Å². The number of nitrogens with one attached hydrogen (secondary N) is 1. The molecular weight excluding hydrogens is 341 g/mol. The molecule has 0 spiro atoms. The zero-order valence-electron chi connectivity index (χ0n) is 7.84. The fourth-order valence-electron chi connectivity index (χ4n) is 1.23. The van der Waals surface area contributed by atoms with Crippen molar-refractivity contribution in [2.45, 2.75) is 6.54 Å². The van der Waals surface area contributed by atoms with Gasteiger partial charge in [0.2, 0.25) is 0 Å². The first-order valence-electron chi connectivity index (χ1n) is 4.48. The molecule has 15 heavy (non-hydrogen) atoms. The van der Waals surface area contributed by atoms with Gasteiger partial charge in [0.05, 0.1) is 4.34 Å². The molecule has 0 atom stereocenters. The van der Waals surface area contributed by atoms with E-state index in [-0.39, 0.29) is 0 Å². The summed E-state index contributed by atoms with van der Waals surface area (Å²) in [5.41, 5.74) is 1.17. The van der Waals surface area contributed by atoms with Gasteiger partial charge in [-0.25, -0.2) is 0 Å². The topological polar surface area (TPSA) is 12.0 Å². The van der Waals surface area contributed by atoms with Crippen LogP contribution in [0.1, 0.15) is 4.88 Å². The maximum Gasteiger partial charge on any atom is 0.0931 e. The Bertz CT molecular complexity index is 455. The van der Waals surface area contributed by atoms with Gasteiger partial charge in [-0.05, 0) is 46.9 Å². The second kappa shape index (κ2) is 5.18. The highest BCUT2D eigenvalue weighted by atomic mass is 127. The first-order chi connectivity index (χ1) is 7.25. The Morgan fingerprint density at radius 2 is 2.00 bits per heavy atom. The monoisotopic (exact) mass is 349 g/mol. The highest BCUT2D eigenvalue weighted by Gasteiger charge is 2.00. The van der Waals surface area contributed by atoms with E-state index in [1.54, 1.807) is 11.3 Å². The molecule has 2 aromatic rings. The number of para-hydroxylation sites is 1. The first-order valence-corrected chi connectivity index (χ1v) is 6.75. The van der Waals surface area contributed by atoms with E-state index in [4.69, 9.17) is 11.6 Å². The second-order valence-corrected chi connectivity index (χ2v) is 6.00. The summed E-state index contributed by atoms with van der Waals surface area (Å²) in [6, 6.07) is 12.2. The van der Waals surface area contributed by atoms with Crippen LogP contribution in [0.4, 0.5) is 5.69 Å². The summed E-state index contributed by atoms with van der Waals surface area (Å²) in [5.74, 6) is 0. The lowest BCUT2D eigenvalue weighted by atomic mass is 10.3. The molecule has 1 nitrogen and oxygen atoms in total. The van der Waals surface area contributed by atoms with Crippen LogP contribution in [0, 0.1) is 3.57 Å². The lowest BCUT2D eigenvalue weighted by Crippen LogP contribution is -1.98. The third kappa shape index (κ3) is 3.09. The first kappa shape index (κ1) is 11.2. The summed E-state index contributed by atoms with van der Waals surface area (Å²) < 4.78 is 2.08. The van der Waals surface area contributed by atoms with E-state index in [0.29, 0.717) is 0 Å². The fourth-order valence-corrected chi connectivity index (χ4v) is 2.84. The van der Waals surface area contributed by atoms with Gasteiger partial charge in [-0.1, -0.05) is 23.7 Å². The average molecular weight is 350 g/mol. The Hall–Kier alpha value is -0.260.